The second-order valence-electron chi connectivity index (χ2n) is 4.35. The molecule has 0 bridgehead atoms. The molecular weight excluding hydrogens is 218 g/mol. The number of aliphatic hydroxyl groups excluding tert-OH is 1. The van der Waals surface area contributed by atoms with Gasteiger partial charge < -0.3 is 15.7 Å². The van der Waals surface area contributed by atoms with Crippen LogP contribution in [-0.4, -0.2) is 40.1 Å². The molecule has 0 spiro atoms. The number of pyridine rings is 1. The van der Waals surface area contributed by atoms with Crippen LogP contribution in [0, 0.1) is 6.92 Å². The molecule has 0 saturated heterocycles. The molecule has 0 radical (unpaired) electrons. The van der Waals surface area contributed by atoms with Crippen LogP contribution >= 0.6 is 0 Å². The van der Waals surface area contributed by atoms with Crippen LogP contribution in [0.2, 0.25) is 0 Å². The Hall–Kier alpha value is -1.62. The van der Waals surface area contributed by atoms with Gasteiger partial charge in [-0.3, -0.25) is 9.78 Å². The summed E-state index contributed by atoms with van der Waals surface area (Å²) in [5.41, 5.74) is 7.34. The van der Waals surface area contributed by atoms with Crippen molar-refractivity contribution in [3.8, 4) is 0 Å². The largest absolute Gasteiger partial charge is 0.397 e. The van der Waals surface area contributed by atoms with E-state index in [1.54, 1.807) is 24.1 Å². The van der Waals surface area contributed by atoms with Crippen molar-refractivity contribution in [2.24, 2.45) is 0 Å². The summed E-state index contributed by atoms with van der Waals surface area (Å²) < 4.78 is 0. The molecule has 5 nitrogen and oxygen atoms in total. The number of nitrogens with two attached hydrogens (primary N) is 1. The molecule has 2 rings (SSSR count). The Morgan fingerprint density at radius 3 is 2.94 bits per heavy atom. The highest BCUT2D eigenvalue weighted by Gasteiger charge is 2.33. The van der Waals surface area contributed by atoms with Gasteiger partial charge in [-0.05, 0) is 25.8 Å². The summed E-state index contributed by atoms with van der Waals surface area (Å²) in [7, 11) is 0. The van der Waals surface area contributed by atoms with Crippen molar-refractivity contribution in [2.75, 3.05) is 18.9 Å². The van der Waals surface area contributed by atoms with Crippen molar-refractivity contribution in [1.82, 2.24) is 9.88 Å². The van der Waals surface area contributed by atoms with E-state index in [1.165, 1.54) is 0 Å². The number of amides is 1. The number of carbonyl (C=O) groups excluding carboxylic acids is 1. The minimum Gasteiger partial charge on any atom is -0.397 e. The van der Waals surface area contributed by atoms with E-state index in [1.807, 2.05) is 0 Å². The van der Waals surface area contributed by atoms with Crippen LogP contribution in [0.25, 0.3) is 0 Å². The first-order valence-corrected chi connectivity index (χ1v) is 5.77. The first-order valence-electron chi connectivity index (χ1n) is 5.77. The number of anilines is 1. The fraction of sp³-hybridized carbons (Fsp3) is 0.500. The Balaban J connectivity index is 2.24. The van der Waals surface area contributed by atoms with E-state index in [4.69, 9.17) is 10.8 Å². The van der Waals surface area contributed by atoms with Crippen molar-refractivity contribution in [3.05, 3.63) is 23.5 Å². The van der Waals surface area contributed by atoms with Gasteiger partial charge in [-0.15, -0.1) is 0 Å². The minimum absolute atomic E-state index is 0.0168. The quantitative estimate of drug-likeness (QED) is 0.799. The highest BCUT2D eigenvalue weighted by molar-refractivity contribution is 5.96. The molecule has 0 atom stereocenters. The Morgan fingerprint density at radius 1 is 1.65 bits per heavy atom. The van der Waals surface area contributed by atoms with E-state index in [2.05, 4.69) is 4.98 Å². The molecule has 0 aromatic carbocycles. The van der Waals surface area contributed by atoms with Crippen molar-refractivity contribution < 1.29 is 9.90 Å². The average molecular weight is 235 g/mol. The summed E-state index contributed by atoms with van der Waals surface area (Å²) in [6.07, 6.45) is 3.57. The van der Waals surface area contributed by atoms with Crippen molar-refractivity contribution >= 4 is 11.6 Å². The molecule has 0 unspecified atom stereocenters. The molecule has 0 aliphatic heterocycles. The van der Waals surface area contributed by atoms with Gasteiger partial charge in [0.2, 0.25) is 0 Å². The maximum atomic E-state index is 12.3. The summed E-state index contributed by atoms with van der Waals surface area (Å²) >= 11 is 0. The molecule has 1 aliphatic rings. The van der Waals surface area contributed by atoms with Crippen molar-refractivity contribution in [2.45, 2.75) is 25.8 Å². The molecule has 1 aliphatic carbocycles. The number of hydrogen-bond acceptors (Lipinski definition) is 4. The van der Waals surface area contributed by atoms with E-state index in [0.717, 1.165) is 12.8 Å². The monoisotopic (exact) mass is 235 g/mol. The van der Waals surface area contributed by atoms with Gasteiger partial charge in [0.05, 0.1) is 29.7 Å². The smallest absolute Gasteiger partial charge is 0.256 e. The second-order valence-corrected chi connectivity index (χ2v) is 4.35. The topological polar surface area (TPSA) is 79.5 Å². The average Bonchev–Trinajstić information content (AvgIpc) is 3.12. The number of aromatic nitrogens is 1. The minimum atomic E-state index is -0.0844. The molecule has 1 fully saturated rings. The van der Waals surface area contributed by atoms with E-state index in [9.17, 15) is 4.79 Å². The van der Waals surface area contributed by atoms with Gasteiger partial charge in [0.25, 0.3) is 5.91 Å². The lowest BCUT2D eigenvalue weighted by atomic mass is 10.1. The molecule has 92 valence electrons. The molecule has 1 aromatic rings. The van der Waals surface area contributed by atoms with E-state index >= 15 is 0 Å². The fourth-order valence-corrected chi connectivity index (χ4v) is 1.86. The number of aryl methyl sites for hydroxylation is 1. The number of nitrogen functional groups attached to an aromatic ring is 1. The van der Waals surface area contributed by atoms with Crippen LogP contribution in [0.1, 0.15) is 28.9 Å². The molecule has 1 saturated carbocycles. The highest BCUT2D eigenvalue weighted by atomic mass is 16.3. The number of carbonyl (C=O) groups is 1. The molecule has 3 N–H and O–H groups in total. The second kappa shape index (κ2) is 4.71. The summed E-state index contributed by atoms with van der Waals surface area (Å²) in [4.78, 5) is 18.1. The Kier molecular flexibility index (Phi) is 3.28. The number of rotatable bonds is 4. The molecule has 1 heterocycles. The van der Waals surface area contributed by atoms with E-state index in [-0.39, 0.29) is 18.6 Å². The van der Waals surface area contributed by atoms with Crippen molar-refractivity contribution in [1.29, 1.82) is 0 Å². The SMILES string of the molecule is Cc1ncc(N)cc1C(=O)N(CCO)C1CC1. The summed E-state index contributed by atoms with van der Waals surface area (Å²) in [5.74, 6) is -0.0844. The van der Waals surface area contributed by atoms with Gasteiger partial charge in [0.15, 0.2) is 0 Å². The number of nitrogens with zero attached hydrogens (tertiary/aromatic N) is 2. The number of aliphatic hydroxyl groups is 1. The molecule has 1 amide bonds. The van der Waals surface area contributed by atoms with Gasteiger partial charge in [0.1, 0.15) is 0 Å². The van der Waals surface area contributed by atoms with Crippen molar-refractivity contribution in [3.63, 3.8) is 0 Å². The standard InChI is InChI=1S/C12H17N3O2/c1-8-11(6-9(13)7-14-8)12(17)15(4-5-16)10-2-3-10/h6-7,10,16H,2-5,13H2,1H3. The maximum Gasteiger partial charge on any atom is 0.256 e. The van der Waals surface area contributed by atoms with Crippen LogP contribution in [-0.2, 0) is 0 Å². The van der Waals surface area contributed by atoms with Gasteiger partial charge in [-0.2, -0.15) is 0 Å². The Bertz CT molecular complexity index is 430. The maximum absolute atomic E-state index is 12.3. The third kappa shape index (κ3) is 2.55. The lowest BCUT2D eigenvalue weighted by Gasteiger charge is -2.22. The summed E-state index contributed by atoms with van der Waals surface area (Å²) in [6.45, 7) is 2.14. The van der Waals surface area contributed by atoms with E-state index in [0.29, 0.717) is 23.5 Å². The van der Waals surface area contributed by atoms with Crippen LogP contribution in [0.15, 0.2) is 12.3 Å². The summed E-state index contributed by atoms with van der Waals surface area (Å²) in [6, 6.07) is 1.92. The van der Waals surface area contributed by atoms with Gasteiger partial charge in [0, 0.05) is 12.6 Å². The third-order valence-electron chi connectivity index (χ3n) is 2.93. The van der Waals surface area contributed by atoms with Crippen LogP contribution in [0.4, 0.5) is 5.69 Å². The summed E-state index contributed by atoms with van der Waals surface area (Å²) in [5, 5.41) is 9.00. The zero-order chi connectivity index (χ0) is 12.4. The Morgan fingerprint density at radius 2 is 2.35 bits per heavy atom. The molecule has 17 heavy (non-hydrogen) atoms. The first-order chi connectivity index (χ1) is 8.13. The van der Waals surface area contributed by atoms with Crippen LogP contribution < -0.4 is 5.73 Å². The molecule has 5 heteroatoms. The van der Waals surface area contributed by atoms with Gasteiger partial charge in [-0.25, -0.2) is 0 Å². The third-order valence-corrected chi connectivity index (χ3v) is 2.93. The fourth-order valence-electron chi connectivity index (χ4n) is 1.86. The van der Waals surface area contributed by atoms with E-state index < -0.39 is 0 Å². The van der Waals surface area contributed by atoms with Crippen LogP contribution in [0.3, 0.4) is 0 Å². The van der Waals surface area contributed by atoms with Gasteiger partial charge >= 0.3 is 0 Å². The highest BCUT2D eigenvalue weighted by Crippen LogP contribution is 2.28. The molecular formula is C12H17N3O2. The lowest BCUT2D eigenvalue weighted by Crippen LogP contribution is -2.36. The lowest BCUT2D eigenvalue weighted by molar-refractivity contribution is 0.0706. The first kappa shape index (κ1) is 11.9. The normalized spacial score (nSPS) is 14.7. The van der Waals surface area contributed by atoms with Crippen LogP contribution in [0.5, 0.6) is 0 Å². The van der Waals surface area contributed by atoms with Gasteiger partial charge in [-0.1, -0.05) is 0 Å². The predicted octanol–water partition coefficient (Wildman–Crippen LogP) is 0.569. The Labute approximate surface area is 100 Å². The molecule has 1 aromatic heterocycles. The zero-order valence-electron chi connectivity index (χ0n) is 9.89. The zero-order valence-corrected chi connectivity index (χ0v) is 9.89. The number of hydrogen-bond donors (Lipinski definition) is 2. The predicted molar refractivity (Wildman–Crippen MR) is 64.5 cm³/mol.